The number of thiophene rings is 1. The van der Waals surface area contributed by atoms with E-state index in [1.165, 1.54) is 11.3 Å². The van der Waals surface area contributed by atoms with Crippen molar-refractivity contribution >= 4 is 21.4 Å². The van der Waals surface area contributed by atoms with Crippen LogP contribution in [-0.2, 0) is 10.0 Å². The monoisotopic (exact) mass is 424 g/mol. The number of hydrogen-bond acceptors (Lipinski definition) is 7. The first kappa shape index (κ1) is 19.5. The van der Waals surface area contributed by atoms with Gasteiger partial charge in [0.25, 0.3) is 0 Å². The van der Waals surface area contributed by atoms with Crippen LogP contribution in [-0.4, -0.2) is 59.3 Å². The Labute approximate surface area is 169 Å². The minimum atomic E-state index is -3.38. The molecule has 2 aliphatic rings. The standard InChI is InChI=1S/C19H24N2O5S2/c22-28(23,18-5-2-12-27-18)20-13-15-6-7-21(14-15)8-9-24-16-3-1-4-17-19(16)26-11-10-25-17/h1-5,12,15,20H,6-11,13-14H2. The predicted octanol–water partition coefficient (Wildman–Crippen LogP) is 2.20. The van der Waals surface area contributed by atoms with Gasteiger partial charge >= 0.3 is 0 Å². The molecule has 0 spiro atoms. The Morgan fingerprint density at radius 3 is 2.96 bits per heavy atom. The minimum Gasteiger partial charge on any atom is -0.488 e. The van der Waals surface area contributed by atoms with Crippen molar-refractivity contribution in [2.75, 3.05) is 46.0 Å². The first-order valence-corrected chi connectivity index (χ1v) is 11.7. The fourth-order valence-corrected chi connectivity index (χ4v) is 5.60. The summed E-state index contributed by atoms with van der Waals surface area (Å²) in [5.74, 6) is 2.42. The molecule has 0 amide bonds. The summed E-state index contributed by atoms with van der Waals surface area (Å²) in [6.45, 7) is 4.70. The number of fused-ring (bicyclic) bond motifs is 1. The normalized spacial score (nSPS) is 19.6. The highest BCUT2D eigenvalue weighted by Crippen LogP contribution is 2.38. The summed E-state index contributed by atoms with van der Waals surface area (Å²) in [6, 6.07) is 9.04. The van der Waals surface area contributed by atoms with E-state index in [9.17, 15) is 8.42 Å². The number of sulfonamides is 1. The zero-order valence-electron chi connectivity index (χ0n) is 15.5. The smallest absolute Gasteiger partial charge is 0.250 e. The van der Waals surface area contributed by atoms with E-state index in [1.54, 1.807) is 17.5 Å². The van der Waals surface area contributed by atoms with Crippen molar-refractivity contribution in [1.82, 2.24) is 9.62 Å². The van der Waals surface area contributed by atoms with E-state index in [0.29, 0.717) is 48.0 Å². The highest BCUT2D eigenvalue weighted by molar-refractivity contribution is 7.91. The summed E-state index contributed by atoms with van der Waals surface area (Å²) in [5.41, 5.74) is 0. The van der Waals surface area contributed by atoms with E-state index >= 15 is 0 Å². The summed E-state index contributed by atoms with van der Waals surface area (Å²) in [5, 5.41) is 1.77. The molecule has 28 heavy (non-hydrogen) atoms. The van der Waals surface area contributed by atoms with Crippen molar-refractivity contribution in [3.8, 4) is 17.2 Å². The predicted molar refractivity (Wildman–Crippen MR) is 107 cm³/mol. The number of rotatable bonds is 8. The lowest BCUT2D eigenvalue weighted by Crippen LogP contribution is -2.31. The third-order valence-corrected chi connectivity index (χ3v) is 7.71. The zero-order valence-corrected chi connectivity index (χ0v) is 17.1. The van der Waals surface area contributed by atoms with Crippen molar-refractivity contribution in [3.05, 3.63) is 35.7 Å². The number of ether oxygens (including phenoxy) is 3. The Hall–Kier alpha value is -1.81. The number of hydrogen-bond donors (Lipinski definition) is 1. The van der Waals surface area contributed by atoms with E-state index in [-0.39, 0.29) is 0 Å². The fraction of sp³-hybridized carbons (Fsp3) is 0.474. The van der Waals surface area contributed by atoms with Gasteiger partial charge in [-0.3, -0.25) is 4.90 Å². The Morgan fingerprint density at radius 1 is 1.21 bits per heavy atom. The van der Waals surface area contributed by atoms with Crippen LogP contribution in [0.15, 0.2) is 39.9 Å². The lowest BCUT2D eigenvalue weighted by atomic mass is 10.1. The topological polar surface area (TPSA) is 77.1 Å². The van der Waals surface area contributed by atoms with Gasteiger partial charge in [-0.2, -0.15) is 0 Å². The first-order chi connectivity index (χ1) is 13.6. The van der Waals surface area contributed by atoms with E-state index < -0.39 is 10.0 Å². The van der Waals surface area contributed by atoms with Gasteiger partial charge in [0.2, 0.25) is 15.8 Å². The molecule has 1 fully saturated rings. The largest absolute Gasteiger partial charge is 0.488 e. The van der Waals surface area contributed by atoms with Crippen LogP contribution in [0.4, 0.5) is 0 Å². The number of nitrogens with zero attached hydrogens (tertiary/aromatic N) is 1. The molecule has 9 heteroatoms. The molecule has 4 rings (SSSR count). The quantitative estimate of drug-likeness (QED) is 0.700. The SMILES string of the molecule is O=S(=O)(NCC1CCN(CCOc2cccc3c2OCCO3)C1)c1cccs1. The third kappa shape index (κ3) is 4.60. The molecule has 0 bridgehead atoms. The summed E-state index contributed by atoms with van der Waals surface area (Å²) in [6.07, 6.45) is 0.977. The Balaban J connectivity index is 1.22. The van der Waals surface area contributed by atoms with Crippen LogP contribution in [0.1, 0.15) is 6.42 Å². The molecular formula is C19H24N2O5S2. The molecule has 2 aromatic rings. The van der Waals surface area contributed by atoms with E-state index in [0.717, 1.165) is 31.8 Å². The molecule has 0 saturated carbocycles. The molecular weight excluding hydrogens is 400 g/mol. The fourth-order valence-electron chi connectivity index (χ4n) is 3.44. The summed E-state index contributed by atoms with van der Waals surface area (Å²) in [4.78, 5) is 2.30. The van der Waals surface area contributed by atoms with Crippen LogP contribution in [0.5, 0.6) is 17.2 Å². The molecule has 7 nitrogen and oxygen atoms in total. The van der Waals surface area contributed by atoms with E-state index in [1.807, 2.05) is 18.2 Å². The molecule has 1 atom stereocenters. The third-order valence-electron chi connectivity index (χ3n) is 4.89. The van der Waals surface area contributed by atoms with Gasteiger partial charge in [0.15, 0.2) is 11.5 Å². The maximum atomic E-state index is 12.2. The van der Waals surface area contributed by atoms with Crippen LogP contribution < -0.4 is 18.9 Å². The maximum absolute atomic E-state index is 12.2. The summed E-state index contributed by atoms with van der Waals surface area (Å²) >= 11 is 1.24. The molecule has 0 radical (unpaired) electrons. The molecule has 0 aliphatic carbocycles. The Morgan fingerprint density at radius 2 is 2.11 bits per heavy atom. The van der Waals surface area contributed by atoms with Gasteiger partial charge in [-0.15, -0.1) is 11.3 Å². The Kier molecular flexibility index (Phi) is 6.05. The average Bonchev–Trinajstić information content (AvgIpc) is 3.39. The van der Waals surface area contributed by atoms with E-state index in [2.05, 4.69) is 9.62 Å². The lowest BCUT2D eigenvalue weighted by Gasteiger charge is -2.22. The van der Waals surface area contributed by atoms with Crippen molar-refractivity contribution in [2.24, 2.45) is 5.92 Å². The number of para-hydroxylation sites is 1. The molecule has 1 unspecified atom stereocenters. The van der Waals surface area contributed by atoms with Crippen LogP contribution >= 0.6 is 11.3 Å². The van der Waals surface area contributed by atoms with E-state index in [4.69, 9.17) is 14.2 Å². The lowest BCUT2D eigenvalue weighted by molar-refractivity contribution is 0.158. The maximum Gasteiger partial charge on any atom is 0.250 e. The molecule has 1 aromatic carbocycles. The first-order valence-electron chi connectivity index (χ1n) is 9.39. The second-order valence-corrected chi connectivity index (χ2v) is 9.81. The van der Waals surface area contributed by atoms with Gasteiger partial charge in [-0.05, 0) is 42.5 Å². The van der Waals surface area contributed by atoms with Gasteiger partial charge in [0.05, 0.1) is 0 Å². The van der Waals surface area contributed by atoms with Crippen LogP contribution in [0, 0.1) is 5.92 Å². The summed E-state index contributed by atoms with van der Waals surface area (Å²) in [7, 11) is -3.38. The summed E-state index contributed by atoms with van der Waals surface area (Å²) < 4.78 is 44.7. The minimum absolute atomic E-state index is 0.316. The highest BCUT2D eigenvalue weighted by atomic mass is 32.2. The van der Waals surface area contributed by atoms with Crippen LogP contribution in [0.3, 0.4) is 0 Å². The average molecular weight is 425 g/mol. The highest BCUT2D eigenvalue weighted by Gasteiger charge is 2.25. The van der Waals surface area contributed by atoms with Crippen molar-refractivity contribution < 1.29 is 22.6 Å². The van der Waals surface area contributed by atoms with Gasteiger partial charge in [0, 0.05) is 19.6 Å². The van der Waals surface area contributed by atoms with Crippen molar-refractivity contribution in [3.63, 3.8) is 0 Å². The van der Waals surface area contributed by atoms with Crippen LogP contribution in [0.2, 0.25) is 0 Å². The molecule has 2 aliphatic heterocycles. The van der Waals surface area contributed by atoms with Gasteiger partial charge in [-0.1, -0.05) is 12.1 Å². The second-order valence-electron chi connectivity index (χ2n) is 6.87. The molecule has 3 heterocycles. The van der Waals surface area contributed by atoms with Crippen molar-refractivity contribution in [1.29, 1.82) is 0 Å². The Bertz CT molecular complexity index is 886. The molecule has 152 valence electrons. The molecule has 1 N–H and O–H groups in total. The van der Waals surface area contributed by atoms with Crippen molar-refractivity contribution in [2.45, 2.75) is 10.6 Å². The van der Waals surface area contributed by atoms with Gasteiger partial charge in [0.1, 0.15) is 24.0 Å². The zero-order chi connectivity index (χ0) is 19.4. The number of likely N-dealkylation sites (tertiary alicyclic amines) is 1. The number of nitrogens with one attached hydrogen (secondary N) is 1. The molecule has 1 saturated heterocycles. The molecule has 1 aromatic heterocycles. The van der Waals surface area contributed by atoms with Gasteiger partial charge in [-0.25, -0.2) is 13.1 Å². The second kappa shape index (κ2) is 8.69. The van der Waals surface area contributed by atoms with Crippen LogP contribution in [0.25, 0.3) is 0 Å². The van der Waals surface area contributed by atoms with Gasteiger partial charge < -0.3 is 14.2 Å². The number of benzene rings is 1.